The lowest BCUT2D eigenvalue weighted by atomic mass is 9.77. The number of para-hydroxylation sites is 1. The minimum absolute atomic E-state index is 0.179. The predicted octanol–water partition coefficient (Wildman–Crippen LogP) is 6.09. The molecule has 2 atom stereocenters. The maximum absolute atomic E-state index is 5.57. The third-order valence-corrected chi connectivity index (χ3v) is 5.84. The number of rotatable bonds is 4. The van der Waals surface area contributed by atoms with Gasteiger partial charge in [-0.1, -0.05) is 30.3 Å². The molecule has 2 aromatic carbocycles. The molecule has 1 aliphatic carbocycles. The summed E-state index contributed by atoms with van der Waals surface area (Å²) in [5, 5.41) is 7.35. The van der Waals surface area contributed by atoms with Gasteiger partial charge in [-0.25, -0.2) is 0 Å². The number of anilines is 1. The highest BCUT2D eigenvalue weighted by molar-refractivity contribution is 6.08. The molecule has 0 spiro atoms. The molecule has 0 saturated heterocycles. The average molecular weight is 384 g/mol. The van der Waals surface area contributed by atoms with Crippen LogP contribution in [-0.2, 0) is 0 Å². The summed E-state index contributed by atoms with van der Waals surface area (Å²) in [4.78, 5) is 0. The van der Waals surface area contributed by atoms with Crippen LogP contribution < -0.4 is 9.75 Å². The van der Waals surface area contributed by atoms with Gasteiger partial charge in [0, 0.05) is 5.92 Å². The number of methoxy groups -OCH3 is 1. The number of ether oxygens (including phenoxy) is 1. The third-order valence-electron chi connectivity index (χ3n) is 5.84. The van der Waals surface area contributed by atoms with E-state index < -0.39 is 0 Å². The molecule has 29 heavy (non-hydrogen) atoms. The Labute approximate surface area is 171 Å². The lowest BCUT2D eigenvalue weighted by Crippen LogP contribution is -2.28. The third kappa shape index (κ3) is 3.35. The van der Waals surface area contributed by atoms with Crippen molar-refractivity contribution in [2.45, 2.75) is 25.3 Å². The van der Waals surface area contributed by atoms with E-state index in [2.05, 4.69) is 47.5 Å². The largest absolute Gasteiger partial charge is 0.497 e. The Bertz CT molecular complexity index is 1020. The molecule has 0 radical (unpaired) electrons. The Balaban J connectivity index is 1.58. The number of benzene rings is 2. The first kappa shape index (κ1) is 17.8. The van der Waals surface area contributed by atoms with E-state index in [0.717, 1.165) is 36.5 Å². The monoisotopic (exact) mass is 384 g/mol. The second-order valence-corrected chi connectivity index (χ2v) is 7.57. The van der Waals surface area contributed by atoms with E-state index in [9.17, 15) is 0 Å². The van der Waals surface area contributed by atoms with Crippen molar-refractivity contribution in [1.82, 2.24) is 0 Å². The molecule has 1 fully saturated rings. The molecule has 3 aromatic rings. The summed E-state index contributed by atoms with van der Waals surface area (Å²) >= 11 is 0. The number of furan rings is 1. The zero-order valence-electron chi connectivity index (χ0n) is 16.5. The van der Waals surface area contributed by atoms with Gasteiger partial charge in [0.05, 0.1) is 30.8 Å². The van der Waals surface area contributed by atoms with E-state index in [1.165, 1.54) is 16.8 Å². The van der Waals surface area contributed by atoms with Gasteiger partial charge < -0.3 is 9.15 Å². The van der Waals surface area contributed by atoms with Crippen LogP contribution in [0.2, 0.25) is 0 Å². The van der Waals surface area contributed by atoms with Crippen LogP contribution in [-0.4, -0.2) is 12.8 Å². The molecule has 0 amide bonds. The molecule has 0 N–H and O–H groups in total. The van der Waals surface area contributed by atoms with Crippen LogP contribution in [0.4, 0.5) is 5.69 Å². The van der Waals surface area contributed by atoms with Gasteiger partial charge in [0.15, 0.2) is 0 Å². The molecule has 1 aliphatic heterocycles. The standard InChI is InChI=1S/C25H24N2O2/c1-28-21-14-12-18(13-15-21)25-23-11-5-7-19(17-22-10-6-16-29-22)24(23)26-27(25)20-8-3-2-4-9-20/h2-4,6,8-10,12-17,23,25H,5,7,11H2,1H3/b19-17+/t23-,25-/m0/s1. The predicted molar refractivity (Wildman–Crippen MR) is 116 cm³/mol. The Morgan fingerprint density at radius 3 is 2.59 bits per heavy atom. The Hall–Kier alpha value is -3.27. The Kier molecular flexibility index (Phi) is 4.68. The summed E-state index contributed by atoms with van der Waals surface area (Å²) in [7, 11) is 1.70. The van der Waals surface area contributed by atoms with Gasteiger partial charge in [0.1, 0.15) is 11.5 Å². The molecule has 2 heterocycles. The summed E-state index contributed by atoms with van der Waals surface area (Å²) in [6, 6.07) is 23.0. The van der Waals surface area contributed by atoms with E-state index in [4.69, 9.17) is 14.3 Å². The van der Waals surface area contributed by atoms with Gasteiger partial charge >= 0.3 is 0 Å². The van der Waals surface area contributed by atoms with Gasteiger partial charge in [-0.15, -0.1) is 0 Å². The average Bonchev–Trinajstić information content (AvgIpc) is 3.43. The summed E-state index contributed by atoms with van der Waals surface area (Å²) in [5.41, 5.74) is 4.86. The molecule has 2 aliphatic rings. The molecule has 4 nitrogen and oxygen atoms in total. The van der Waals surface area contributed by atoms with Crippen LogP contribution in [0.3, 0.4) is 0 Å². The number of nitrogens with zero attached hydrogens (tertiary/aromatic N) is 2. The molecule has 1 saturated carbocycles. The van der Waals surface area contributed by atoms with Crippen LogP contribution in [0.1, 0.15) is 36.6 Å². The molecular formula is C25H24N2O2. The summed E-state index contributed by atoms with van der Waals surface area (Å²) < 4.78 is 10.9. The molecule has 1 aromatic heterocycles. The van der Waals surface area contributed by atoms with E-state index in [1.54, 1.807) is 13.4 Å². The zero-order valence-corrected chi connectivity index (χ0v) is 16.5. The first-order valence-corrected chi connectivity index (χ1v) is 10.1. The fourth-order valence-electron chi connectivity index (χ4n) is 4.47. The van der Waals surface area contributed by atoms with E-state index in [-0.39, 0.29) is 6.04 Å². The Morgan fingerprint density at radius 1 is 1.03 bits per heavy atom. The minimum Gasteiger partial charge on any atom is -0.497 e. The van der Waals surface area contributed by atoms with E-state index in [1.807, 2.05) is 30.3 Å². The van der Waals surface area contributed by atoms with Crippen LogP contribution in [0.15, 0.2) is 88.1 Å². The van der Waals surface area contributed by atoms with Crippen molar-refractivity contribution < 1.29 is 9.15 Å². The lowest BCUT2D eigenvalue weighted by molar-refractivity contribution is 0.414. The first-order chi connectivity index (χ1) is 14.3. The molecule has 146 valence electrons. The normalized spacial score (nSPS) is 22.4. The fraction of sp³-hybridized carbons (Fsp3) is 0.240. The SMILES string of the molecule is COc1ccc([C@H]2[C@H]3CCC/C(=C\c4ccco4)C3=NN2c2ccccc2)cc1. The summed E-state index contributed by atoms with van der Waals surface area (Å²) in [5.74, 6) is 2.13. The van der Waals surface area contributed by atoms with Crippen LogP contribution in [0.5, 0.6) is 5.75 Å². The summed E-state index contributed by atoms with van der Waals surface area (Å²) in [6.07, 6.45) is 7.21. The number of fused-ring (bicyclic) bond motifs is 1. The van der Waals surface area contributed by atoms with Crippen LogP contribution >= 0.6 is 0 Å². The van der Waals surface area contributed by atoms with Crippen molar-refractivity contribution in [2.24, 2.45) is 11.0 Å². The lowest BCUT2D eigenvalue weighted by Gasteiger charge is -2.30. The Morgan fingerprint density at radius 2 is 1.86 bits per heavy atom. The minimum atomic E-state index is 0.179. The topological polar surface area (TPSA) is 38.0 Å². The maximum Gasteiger partial charge on any atom is 0.126 e. The van der Waals surface area contributed by atoms with E-state index in [0.29, 0.717) is 5.92 Å². The van der Waals surface area contributed by atoms with Gasteiger partial charge in [0.2, 0.25) is 0 Å². The number of hydrogen-bond donors (Lipinski definition) is 0. The first-order valence-electron chi connectivity index (χ1n) is 10.1. The molecule has 4 heteroatoms. The van der Waals surface area contributed by atoms with Crippen molar-refractivity contribution >= 4 is 17.5 Å². The van der Waals surface area contributed by atoms with Gasteiger partial charge in [0.25, 0.3) is 0 Å². The van der Waals surface area contributed by atoms with Crippen LogP contribution in [0.25, 0.3) is 6.08 Å². The van der Waals surface area contributed by atoms with Crippen molar-refractivity contribution in [2.75, 3.05) is 12.1 Å². The fourth-order valence-corrected chi connectivity index (χ4v) is 4.47. The molecule has 0 unspecified atom stereocenters. The highest BCUT2D eigenvalue weighted by Crippen LogP contribution is 2.46. The number of hydrazone groups is 1. The van der Waals surface area contributed by atoms with Crippen LogP contribution in [0, 0.1) is 5.92 Å². The van der Waals surface area contributed by atoms with Gasteiger partial charge in [-0.05, 0) is 72.9 Å². The number of allylic oxidation sites excluding steroid dienone is 1. The van der Waals surface area contributed by atoms with Gasteiger partial charge in [-0.2, -0.15) is 5.10 Å². The maximum atomic E-state index is 5.57. The highest BCUT2D eigenvalue weighted by Gasteiger charge is 2.41. The second-order valence-electron chi connectivity index (χ2n) is 7.57. The quantitative estimate of drug-likeness (QED) is 0.546. The molecule has 5 rings (SSSR count). The zero-order chi connectivity index (χ0) is 19.6. The van der Waals surface area contributed by atoms with Crippen molar-refractivity contribution in [3.05, 3.63) is 89.9 Å². The second kappa shape index (κ2) is 7.63. The van der Waals surface area contributed by atoms with Crippen molar-refractivity contribution in [1.29, 1.82) is 0 Å². The van der Waals surface area contributed by atoms with Crippen molar-refractivity contribution in [3.8, 4) is 5.75 Å². The van der Waals surface area contributed by atoms with E-state index >= 15 is 0 Å². The highest BCUT2D eigenvalue weighted by atomic mass is 16.5. The van der Waals surface area contributed by atoms with Gasteiger partial charge in [-0.3, -0.25) is 5.01 Å². The summed E-state index contributed by atoms with van der Waals surface area (Å²) in [6.45, 7) is 0. The smallest absolute Gasteiger partial charge is 0.126 e. The van der Waals surface area contributed by atoms with Crippen molar-refractivity contribution in [3.63, 3.8) is 0 Å². The number of hydrogen-bond acceptors (Lipinski definition) is 4. The molecular weight excluding hydrogens is 360 g/mol. The molecule has 0 bridgehead atoms.